The molecule has 0 unspecified atom stereocenters. The van der Waals surface area contributed by atoms with Gasteiger partial charge in [0.25, 0.3) is 5.91 Å². The summed E-state index contributed by atoms with van der Waals surface area (Å²) in [6, 6.07) is 16.5. The van der Waals surface area contributed by atoms with Gasteiger partial charge in [-0.3, -0.25) is 4.79 Å². The van der Waals surface area contributed by atoms with Crippen LogP contribution in [0.5, 0.6) is 5.75 Å². The number of rotatable bonds is 5. The van der Waals surface area contributed by atoms with Gasteiger partial charge in [-0.05, 0) is 35.9 Å². The van der Waals surface area contributed by atoms with Crippen LogP contribution in [-0.2, 0) is 11.4 Å². The van der Waals surface area contributed by atoms with Crippen LogP contribution in [0.15, 0.2) is 71.3 Å². The van der Waals surface area contributed by atoms with Crippen molar-refractivity contribution in [1.29, 1.82) is 0 Å². The number of hydrogen-bond donors (Lipinski definition) is 0. The number of amides is 1. The predicted molar refractivity (Wildman–Crippen MR) is 129 cm³/mol. The van der Waals surface area contributed by atoms with Crippen LogP contribution in [0.3, 0.4) is 0 Å². The minimum absolute atomic E-state index is 0.0353. The second kappa shape index (κ2) is 9.70. The lowest BCUT2D eigenvalue weighted by Gasteiger charge is -2.15. The number of carbonyl (C=O) groups excluding carboxylic acids is 1. The maximum absolute atomic E-state index is 14.4. The van der Waals surface area contributed by atoms with E-state index in [1.807, 2.05) is 0 Å². The van der Waals surface area contributed by atoms with Crippen molar-refractivity contribution < 1.29 is 35.9 Å². The predicted octanol–water partition coefficient (Wildman–Crippen LogP) is 7.06. The highest BCUT2D eigenvalue weighted by Crippen LogP contribution is 2.36. The summed E-state index contributed by atoms with van der Waals surface area (Å²) in [5.41, 5.74) is -1.03. The number of nitrogens with zero attached hydrogens (tertiary/aromatic N) is 2. The SMILES string of the molecule is CC1=NN(c2c(F)c(F)c(F)c(F)c2F)C(=O)/C1=C\c1c(OCc2ccccc2F)ccc2ccccc12. The maximum atomic E-state index is 14.4. The fourth-order valence-corrected chi connectivity index (χ4v) is 4.08. The Balaban J connectivity index is 1.60. The molecule has 0 aliphatic carbocycles. The van der Waals surface area contributed by atoms with Gasteiger partial charge in [-0.25, -0.2) is 26.3 Å². The highest BCUT2D eigenvalue weighted by molar-refractivity contribution is 6.32. The zero-order chi connectivity index (χ0) is 27.1. The van der Waals surface area contributed by atoms with E-state index in [4.69, 9.17) is 4.74 Å². The third-order valence-corrected chi connectivity index (χ3v) is 6.02. The maximum Gasteiger partial charge on any atom is 0.280 e. The van der Waals surface area contributed by atoms with Crippen LogP contribution in [0.4, 0.5) is 32.0 Å². The number of hydrazone groups is 1. The Labute approximate surface area is 212 Å². The van der Waals surface area contributed by atoms with Gasteiger partial charge in [0.1, 0.15) is 23.9 Å². The Hall–Kier alpha value is -4.60. The van der Waals surface area contributed by atoms with Crippen LogP contribution < -0.4 is 9.75 Å². The van der Waals surface area contributed by atoms with Gasteiger partial charge in [-0.1, -0.05) is 48.5 Å². The summed E-state index contributed by atoms with van der Waals surface area (Å²) in [4.78, 5) is 13.2. The summed E-state index contributed by atoms with van der Waals surface area (Å²) in [7, 11) is 0. The normalized spacial score (nSPS) is 14.5. The fourth-order valence-electron chi connectivity index (χ4n) is 4.08. The highest BCUT2D eigenvalue weighted by Gasteiger charge is 2.37. The molecule has 0 atom stereocenters. The second-order valence-electron chi connectivity index (χ2n) is 8.36. The summed E-state index contributed by atoms with van der Waals surface area (Å²) in [6.45, 7) is 1.21. The van der Waals surface area contributed by atoms with Crippen LogP contribution >= 0.6 is 0 Å². The van der Waals surface area contributed by atoms with Crippen LogP contribution in [0.2, 0.25) is 0 Å². The van der Waals surface area contributed by atoms with E-state index in [0.29, 0.717) is 10.9 Å². The molecule has 192 valence electrons. The molecule has 10 heteroatoms. The lowest BCUT2D eigenvalue weighted by atomic mass is 9.99. The van der Waals surface area contributed by atoms with Crippen LogP contribution in [0.25, 0.3) is 16.8 Å². The lowest BCUT2D eigenvalue weighted by Crippen LogP contribution is -2.25. The Bertz CT molecular complexity index is 1650. The summed E-state index contributed by atoms with van der Waals surface area (Å²) < 4.78 is 90.0. The summed E-state index contributed by atoms with van der Waals surface area (Å²) in [5.74, 6) is -12.4. The van der Waals surface area contributed by atoms with Gasteiger partial charge in [0.15, 0.2) is 23.3 Å². The Morgan fingerprint density at radius 2 is 1.45 bits per heavy atom. The van der Waals surface area contributed by atoms with Gasteiger partial charge < -0.3 is 4.74 Å². The van der Waals surface area contributed by atoms with Crippen molar-refractivity contribution >= 4 is 34.2 Å². The van der Waals surface area contributed by atoms with Crippen molar-refractivity contribution in [3.8, 4) is 5.75 Å². The van der Waals surface area contributed by atoms with Crippen molar-refractivity contribution in [3.63, 3.8) is 0 Å². The Kier molecular flexibility index (Phi) is 6.40. The quantitative estimate of drug-likeness (QED) is 0.121. The molecular formula is C28H16F6N2O2. The number of ether oxygens (including phenoxy) is 1. The minimum atomic E-state index is -2.35. The molecule has 1 amide bonds. The Morgan fingerprint density at radius 1 is 0.816 bits per heavy atom. The highest BCUT2D eigenvalue weighted by atomic mass is 19.2. The number of hydrogen-bond acceptors (Lipinski definition) is 3. The van der Waals surface area contributed by atoms with E-state index in [2.05, 4.69) is 5.10 Å². The van der Waals surface area contributed by atoms with Gasteiger partial charge >= 0.3 is 0 Å². The van der Waals surface area contributed by atoms with E-state index in [1.54, 1.807) is 48.5 Å². The van der Waals surface area contributed by atoms with E-state index in [9.17, 15) is 31.1 Å². The molecule has 4 aromatic carbocycles. The summed E-state index contributed by atoms with van der Waals surface area (Å²) in [5, 5.41) is 5.30. The minimum Gasteiger partial charge on any atom is -0.488 e. The van der Waals surface area contributed by atoms with Crippen molar-refractivity contribution in [1.82, 2.24) is 0 Å². The number of carbonyl (C=O) groups is 1. The molecule has 0 radical (unpaired) electrons. The third kappa shape index (κ3) is 4.17. The second-order valence-corrected chi connectivity index (χ2v) is 8.36. The first-order chi connectivity index (χ1) is 18.2. The molecule has 0 aromatic heterocycles. The molecule has 4 aromatic rings. The molecule has 0 fully saturated rings. The molecule has 1 heterocycles. The first-order valence-corrected chi connectivity index (χ1v) is 11.2. The van der Waals surface area contributed by atoms with Crippen LogP contribution in [-0.4, -0.2) is 11.6 Å². The zero-order valence-corrected chi connectivity index (χ0v) is 19.5. The van der Waals surface area contributed by atoms with Crippen molar-refractivity contribution in [2.45, 2.75) is 13.5 Å². The molecule has 0 saturated carbocycles. The zero-order valence-electron chi connectivity index (χ0n) is 19.5. The van der Waals surface area contributed by atoms with Gasteiger partial charge in [0, 0.05) is 11.1 Å². The first kappa shape index (κ1) is 25.1. The molecule has 0 spiro atoms. The van der Waals surface area contributed by atoms with Crippen molar-refractivity contribution in [3.05, 3.63) is 112 Å². The van der Waals surface area contributed by atoms with E-state index < -0.39 is 46.5 Å². The average Bonchev–Trinajstić information content (AvgIpc) is 3.19. The monoisotopic (exact) mass is 526 g/mol. The number of fused-ring (bicyclic) bond motifs is 1. The molecule has 5 rings (SSSR count). The molecule has 1 aliphatic rings. The van der Waals surface area contributed by atoms with Gasteiger partial charge in [0.2, 0.25) is 5.82 Å². The van der Waals surface area contributed by atoms with Gasteiger partial charge in [0.05, 0.1) is 11.3 Å². The van der Waals surface area contributed by atoms with E-state index in [-0.39, 0.29) is 34.2 Å². The fraction of sp³-hybridized carbons (Fsp3) is 0.0714. The number of anilines is 1. The molecule has 38 heavy (non-hydrogen) atoms. The van der Waals surface area contributed by atoms with Crippen molar-refractivity contribution in [2.24, 2.45) is 5.10 Å². The van der Waals surface area contributed by atoms with Crippen molar-refractivity contribution in [2.75, 3.05) is 5.01 Å². The summed E-state index contributed by atoms with van der Waals surface area (Å²) in [6.07, 6.45) is 1.35. The topological polar surface area (TPSA) is 41.9 Å². The average molecular weight is 526 g/mol. The van der Waals surface area contributed by atoms with Crippen LogP contribution in [0.1, 0.15) is 18.1 Å². The molecular weight excluding hydrogens is 510 g/mol. The van der Waals surface area contributed by atoms with E-state index >= 15 is 0 Å². The van der Waals surface area contributed by atoms with Gasteiger partial charge in [-0.15, -0.1) is 0 Å². The number of benzene rings is 4. The number of halogens is 6. The standard InChI is InChI=1S/C28H16F6N2O2/c1-14-18(28(37)36(35-14)27-25(33)23(31)22(30)24(32)26(27)34)12-19-17-8-4-2-6-15(17)10-11-21(19)38-13-16-7-3-5-9-20(16)29/h2-12H,13H2,1H3/b18-12-. The van der Waals surface area contributed by atoms with E-state index in [0.717, 1.165) is 5.39 Å². The molecule has 0 N–H and O–H groups in total. The summed E-state index contributed by atoms with van der Waals surface area (Å²) >= 11 is 0. The molecule has 0 bridgehead atoms. The first-order valence-electron chi connectivity index (χ1n) is 11.2. The Morgan fingerprint density at radius 3 is 2.16 bits per heavy atom. The van der Waals surface area contributed by atoms with Crippen LogP contribution in [0, 0.1) is 34.9 Å². The smallest absolute Gasteiger partial charge is 0.280 e. The molecule has 4 nitrogen and oxygen atoms in total. The largest absolute Gasteiger partial charge is 0.488 e. The molecule has 0 saturated heterocycles. The lowest BCUT2D eigenvalue weighted by molar-refractivity contribution is -0.114. The third-order valence-electron chi connectivity index (χ3n) is 6.02. The molecule has 1 aliphatic heterocycles. The van der Waals surface area contributed by atoms with Gasteiger partial charge in [-0.2, -0.15) is 10.1 Å². The van der Waals surface area contributed by atoms with E-state index in [1.165, 1.54) is 25.1 Å².